The minimum Gasteiger partial charge on any atom is -0.477 e. The molecule has 0 atom stereocenters. The average Bonchev–Trinajstić information content (AvgIpc) is 2.72. The van der Waals surface area contributed by atoms with E-state index >= 15 is 0 Å². The van der Waals surface area contributed by atoms with Crippen LogP contribution in [0.15, 0.2) is 65.6 Å². The summed E-state index contributed by atoms with van der Waals surface area (Å²) in [4.78, 5) is 11.2. The third kappa shape index (κ3) is 5.54. The number of carbonyl (C=O) groups is 1. The summed E-state index contributed by atoms with van der Waals surface area (Å²) in [6, 6.07) is 16.3. The summed E-state index contributed by atoms with van der Waals surface area (Å²) in [5, 5.41) is 10.8. The van der Waals surface area contributed by atoms with Crippen LogP contribution in [-0.4, -0.2) is 31.1 Å². The fourth-order valence-corrected chi connectivity index (χ4v) is 3.68. The Hall–Kier alpha value is -3.46. The summed E-state index contributed by atoms with van der Waals surface area (Å²) in [7, 11) is -3.79. The lowest BCUT2D eigenvalue weighted by atomic mass is 10.1. The average molecular weight is 426 g/mol. The summed E-state index contributed by atoms with van der Waals surface area (Å²) >= 11 is 0. The van der Waals surface area contributed by atoms with Gasteiger partial charge in [-0.2, -0.15) is 0 Å². The van der Waals surface area contributed by atoms with Crippen molar-refractivity contribution in [2.24, 2.45) is 0 Å². The molecule has 0 bridgehead atoms. The van der Waals surface area contributed by atoms with Gasteiger partial charge in [0.2, 0.25) is 11.8 Å². The minimum absolute atomic E-state index is 0.0826. The molecule has 0 saturated heterocycles. The van der Waals surface area contributed by atoms with Crippen LogP contribution in [-0.2, 0) is 14.8 Å². The lowest BCUT2D eigenvalue weighted by molar-refractivity contribution is -0.114. The molecule has 3 rings (SSSR count). The first-order valence-electron chi connectivity index (χ1n) is 9.35. The molecule has 156 valence electrons. The van der Waals surface area contributed by atoms with Gasteiger partial charge in [0, 0.05) is 29.9 Å². The zero-order valence-corrected chi connectivity index (χ0v) is 17.4. The third-order valence-electron chi connectivity index (χ3n) is 3.99. The van der Waals surface area contributed by atoms with Crippen molar-refractivity contribution in [1.29, 1.82) is 0 Å². The van der Waals surface area contributed by atoms with Crippen LogP contribution in [0.5, 0.6) is 5.88 Å². The number of carbonyl (C=O) groups excluding carboxylic acids is 1. The maximum atomic E-state index is 12.7. The number of nitrogens with zero attached hydrogens (tertiary/aromatic N) is 2. The highest BCUT2D eigenvalue weighted by atomic mass is 32.2. The topological polar surface area (TPSA) is 110 Å². The van der Waals surface area contributed by atoms with E-state index in [4.69, 9.17) is 4.74 Å². The molecule has 2 aromatic carbocycles. The Bertz CT molecular complexity index is 1110. The van der Waals surface area contributed by atoms with E-state index in [1.807, 2.05) is 13.0 Å². The van der Waals surface area contributed by atoms with E-state index in [0.29, 0.717) is 35.1 Å². The molecule has 0 aliphatic rings. The van der Waals surface area contributed by atoms with Crippen molar-refractivity contribution in [1.82, 2.24) is 10.2 Å². The van der Waals surface area contributed by atoms with Crippen LogP contribution >= 0.6 is 0 Å². The van der Waals surface area contributed by atoms with Gasteiger partial charge in [0.25, 0.3) is 10.0 Å². The fraction of sp³-hybridized carbons (Fsp3) is 0.190. The van der Waals surface area contributed by atoms with Crippen LogP contribution in [0.25, 0.3) is 11.3 Å². The van der Waals surface area contributed by atoms with E-state index in [1.165, 1.54) is 31.2 Å². The van der Waals surface area contributed by atoms with Crippen molar-refractivity contribution in [3.05, 3.63) is 60.7 Å². The molecule has 0 saturated carbocycles. The highest BCUT2D eigenvalue weighted by Gasteiger charge is 2.15. The van der Waals surface area contributed by atoms with Gasteiger partial charge in [0.1, 0.15) is 0 Å². The van der Waals surface area contributed by atoms with Crippen LogP contribution in [0.3, 0.4) is 0 Å². The Morgan fingerprint density at radius 2 is 1.77 bits per heavy atom. The number of aromatic nitrogens is 2. The molecule has 30 heavy (non-hydrogen) atoms. The molecule has 8 nitrogen and oxygen atoms in total. The summed E-state index contributed by atoms with van der Waals surface area (Å²) < 4.78 is 33.4. The zero-order valence-electron chi connectivity index (χ0n) is 16.6. The summed E-state index contributed by atoms with van der Waals surface area (Å²) in [6.45, 7) is 3.96. The van der Waals surface area contributed by atoms with Gasteiger partial charge in [-0.25, -0.2) is 8.42 Å². The lowest BCUT2D eigenvalue weighted by Gasteiger charge is -2.10. The van der Waals surface area contributed by atoms with E-state index in [9.17, 15) is 13.2 Å². The van der Waals surface area contributed by atoms with E-state index in [1.54, 1.807) is 30.3 Å². The molecule has 3 aromatic rings. The normalized spacial score (nSPS) is 11.0. The molecule has 9 heteroatoms. The van der Waals surface area contributed by atoms with Crippen molar-refractivity contribution in [2.45, 2.75) is 25.2 Å². The number of benzene rings is 2. The first-order chi connectivity index (χ1) is 14.4. The first kappa shape index (κ1) is 21.3. The van der Waals surface area contributed by atoms with Crippen LogP contribution < -0.4 is 14.8 Å². The van der Waals surface area contributed by atoms with Gasteiger partial charge in [-0.1, -0.05) is 19.1 Å². The molecule has 0 aliphatic carbocycles. The number of hydrogen-bond acceptors (Lipinski definition) is 6. The number of hydrogen-bond donors (Lipinski definition) is 2. The summed E-state index contributed by atoms with van der Waals surface area (Å²) in [5.74, 6) is 0.216. The highest BCUT2D eigenvalue weighted by Crippen LogP contribution is 2.24. The molecule has 0 aliphatic heterocycles. The molecule has 0 unspecified atom stereocenters. The van der Waals surface area contributed by atoms with Gasteiger partial charge in [-0.05, 0) is 48.9 Å². The van der Waals surface area contributed by atoms with Crippen molar-refractivity contribution in [3.63, 3.8) is 0 Å². The minimum atomic E-state index is -3.79. The van der Waals surface area contributed by atoms with E-state index in [2.05, 4.69) is 20.2 Å². The highest BCUT2D eigenvalue weighted by molar-refractivity contribution is 7.92. The Balaban J connectivity index is 1.76. The quantitative estimate of drug-likeness (QED) is 0.568. The van der Waals surface area contributed by atoms with Gasteiger partial charge >= 0.3 is 0 Å². The van der Waals surface area contributed by atoms with E-state index in [0.717, 1.165) is 6.42 Å². The number of rotatable bonds is 8. The smallest absolute Gasteiger partial charge is 0.261 e. The second-order valence-electron chi connectivity index (χ2n) is 6.50. The Kier molecular flexibility index (Phi) is 6.63. The second-order valence-corrected chi connectivity index (χ2v) is 8.18. The van der Waals surface area contributed by atoms with E-state index in [-0.39, 0.29) is 10.8 Å². The van der Waals surface area contributed by atoms with Gasteiger partial charge in [-0.15, -0.1) is 10.2 Å². The number of sulfonamides is 1. The zero-order chi connectivity index (χ0) is 21.6. The van der Waals surface area contributed by atoms with Crippen molar-refractivity contribution < 1.29 is 17.9 Å². The standard InChI is InChI=1S/C21H22N4O4S/c1-3-13-29-21-12-11-20(23-24-21)16-5-4-6-18(14-16)25-30(27,28)19-9-7-17(8-10-19)22-15(2)26/h4-12,14,25H,3,13H2,1-2H3,(H,22,26). The van der Waals surface area contributed by atoms with Crippen molar-refractivity contribution in [2.75, 3.05) is 16.6 Å². The lowest BCUT2D eigenvalue weighted by Crippen LogP contribution is -2.13. The molecule has 1 heterocycles. The van der Waals surface area contributed by atoms with Gasteiger partial charge in [0.05, 0.1) is 17.2 Å². The largest absolute Gasteiger partial charge is 0.477 e. The predicted molar refractivity (Wildman–Crippen MR) is 115 cm³/mol. The van der Waals surface area contributed by atoms with E-state index < -0.39 is 10.0 Å². The second kappa shape index (κ2) is 9.36. The van der Waals surface area contributed by atoms with Crippen molar-refractivity contribution >= 4 is 27.3 Å². The van der Waals surface area contributed by atoms with Crippen LogP contribution in [0.1, 0.15) is 20.3 Å². The predicted octanol–water partition coefficient (Wildman–Crippen LogP) is 3.69. The molecular formula is C21H22N4O4S. The molecule has 0 spiro atoms. The van der Waals surface area contributed by atoms with Crippen molar-refractivity contribution in [3.8, 4) is 17.1 Å². The fourth-order valence-electron chi connectivity index (χ4n) is 2.63. The number of ether oxygens (including phenoxy) is 1. The molecule has 0 fully saturated rings. The SMILES string of the molecule is CCCOc1ccc(-c2cccc(NS(=O)(=O)c3ccc(NC(C)=O)cc3)c2)nn1. The number of anilines is 2. The van der Waals surface area contributed by atoms with Gasteiger partial charge in [-0.3, -0.25) is 9.52 Å². The monoisotopic (exact) mass is 426 g/mol. The summed E-state index contributed by atoms with van der Waals surface area (Å²) in [5.41, 5.74) is 2.23. The molecule has 0 radical (unpaired) electrons. The maximum Gasteiger partial charge on any atom is 0.261 e. The third-order valence-corrected chi connectivity index (χ3v) is 5.39. The van der Waals surface area contributed by atoms with Gasteiger partial charge < -0.3 is 10.1 Å². The first-order valence-corrected chi connectivity index (χ1v) is 10.8. The molecular weight excluding hydrogens is 404 g/mol. The van der Waals surface area contributed by atoms with Crippen LogP contribution in [0, 0.1) is 0 Å². The number of nitrogens with one attached hydrogen (secondary N) is 2. The molecule has 2 N–H and O–H groups in total. The van der Waals surface area contributed by atoms with Crippen LogP contribution in [0.4, 0.5) is 11.4 Å². The Morgan fingerprint density at radius 3 is 2.40 bits per heavy atom. The Labute approximate surface area is 175 Å². The molecule has 1 aromatic heterocycles. The maximum absolute atomic E-state index is 12.7. The van der Waals surface area contributed by atoms with Gasteiger partial charge in [0.15, 0.2) is 0 Å². The summed E-state index contributed by atoms with van der Waals surface area (Å²) in [6.07, 6.45) is 0.877. The Morgan fingerprint density at radius 1 is 1.00 bits per heavy atom. The number of amides is 1. The molecule has 1 amide bonds. The van der Waals surface area contributed by atoms with Crippen LogP contribution in [0.2, 0.25) is 0 Å².